The summed E-state index contributed by atoms with van der Waals surface area (Å²) in [5.41, 5.74) is 2.98. The van der Waals surface area contributed by atoms with E-state index >= 15 is 0 Å². The molecule has 5 rings (SSSR count). The van der Waals surface area contributed by atoms with Crippen LogP contribution in [0, 0.1) is 0 Å². The molecule has 3 unspecified atom stereocenters. The normalized spacial score (nSPS) is 17.9. The van der Waals surface area contributed by atoms with Crippen molar-refractivity contribution in [3.8, 4) is 0 Å². The lowest BCUT2D eigenvalue weighted by Gasteiger charge is -2.27. The summed E-state index contributed by atoms with van der Waals surface area (Å²) in [6.07, 6.45) is 1.05. The second-order valence-corrected chi connectivity index (χ2v) is 11.7. The number of rotatable bonds is 11. The fourth-order valence-electron chi connectivity index (χ4n) is 5.18. The van der Waals surface area contributed by atoms with E-state index < -0.39 is 30.6 Å². The van der Waals surface area contributed by atoms with Gasteiger partial charge in [0, 0.05) is 17.5 Å². The minimum absolute atomic E-state index is 0.113. The summed E-state index contributed by atoms with van der Waals surface area (Å²) < 4.78 is 5.68. The van der Waals surface area contributed by atoms with Crippen molar-refractivity contribution in [2.75, 3.05) is 18.8 Å². The van der Waals surface area contributed by atoms with E-state index in [2.05, 4.69) is 17.4 Å². The first-order valence-electron chi connectivity index (χ1n) is 14.1. The number of aliphatic carboxylic acids is 1. The number of thioether (sulfide) groups is 1. The van der Waals surface area contributed by atoms with Crippen LogP contribution < -0.4 is 5.32 Å². The van der Waals surface area contributed by atoms with Crippen LogP contribution >= 0.6 is 11.8 Å². The lowest BCUT2D eigenvalue weighted by molar-refractivity contribution is -0.149. The van der Waals surface area contributed by atoms with Crippen LogP contribution in [0.5, 0.6) is 0 Å². The van der Waals surface area contributed by atoms with Gasteiger partial charge in [0.05, 0.1) is 6.04 Å². The van der Waals surface area contributed by atoms with Gasteiger partial charge in [-0.05, 0) is 46.4 Å². The number of carboxylic acid groups (broad SMARTS) is 1. The molecule has 8 heteroatoms. The SMILES string of the molecule is O=C(O)CN1CC(c2ccc3ccccc3c2)SCC(NC(CCc2ccccc2)C(=O)OCc2ccccc2)C1=O. The summed E-state index contributed by atoms with van der Waals surface area (Å²) in [4.78, 5) is 40.2. The molecule has 4 aromatic rings. The fraction of sp³-hybridized carbons (Fsp3) is 0.265. The maximum absolute atomic E-state index is 13.7. The molecule has 1 heterocycles. The smallest absolute Gasteiger partial charge is 0.323 e. The summed E-state index contributed by atoms with van der Waals surface area (Å²) >= 11 is 1.60. The average Bonchev–Trinajstić information content (AvgIpc) is 3.16. The summed E-state index contributed by atoms with van der Waals surface area (Å²) in [5.74, 6) is -1.45. The summed E-state index contributed by atoms with van der Waals surface area (Å²) in [6, 6.07) is 32.1. The first kappa shape index (κ1) is 29.4. The van der Waals surface area contributed by atoms with E-state index in [1.54, 1.807) is 11.8 Å². The van der Waals surface area contributed by atoms with Gasteiger partial charge in [-0.1, -0.05) is 97.1 Å². The number of esters is 1. The van der Waals surface area contributed by atoms with Crippen LogP contribution in [0.2, 0.25) is 0 Å². The first-order chi connectivity index (χ1) is 20.5. The predicted molar refractivity (Wildman–Crippen MR) is 165 cm³/mol. The largest absolute Gasteiger partial charge is 0.480 e. The van der Waals surface area contributed by atoms with E-state index in [0.29, 0.717) is 18.6 Å². The average molecular weight is 583 g/mol. The molecule has 3 atom stereocenters. The standard InChI is InChI=1S/C34H34N2O5S/c37-32(38)21-36-20-31(28-17-16-26-13-7-8-14-27(26)19-28)42-23-30(33(36)39)35-29(18-15-24-9-3-1-4-10-24)34(40)41-22-25-11-5-2-6-12-25/h1-14,16-17,19,29-31,35H,15,18,20-23H2,(H,37,38). The fourth-order valence-corrected chi connectivity index (χ4v) is 6.47. The van der Waals surface area contributed by atoms with Crippen molar-refractivity contribution in [2.45, 2.75) is 36.8 Å². The van der Waals surface area contributed by atoms with E-state index in [4.69, 9.17) is 4.74 Å². The zero-order valence-electron chi connectivity index (χ0n) is 23.2. The van der Waals surface area contributed by atoms with Crippen LogP contribution in [0.1, 0.15) is 28.4 Å². The number of carbonyl (C=O) groups is 3. The zero-order chi connectivity index (χ0) is 29.3. The van der Waals surface area contributed by atoms with E-state index in [9.17, 15) is 19.5 Å². The Balaban J connectivity index is 1.35. The molecule has 1 fully saturated rings. The topological polar surface area (TPSA) is 95.9 Å². The van der Waals surface area contributed by atoms with Crippen molar-refractivity contribution in [3.05, 3.63) is 120 Å². The van der Waals surface area contributed by atoms with Crippen molar-refractivity contribution in [1.29, 1.82) is 0 Å². The maximum atomic E-state index is 13.7. The molecule has 42 heavy (non-hydrogen) atoms. The van der Waals surface area contributed by atoms with Crippen LogP contribution in [-0.4, -0.2) is 58.8 Å². The number of benzene rings is 4. The molecule has 7 nitrogen and oxygen atoms in total. The molecule has 0 aromatic heterocycles. The number of carboxylic acids is 1. The number of ether oxygens (including phenoxy) is 1. The van der Waals surface area contributed by atoms with Gasteiger partial charge in [0.15, 0.2) is 0 Å². The number of hydrogen-bond acceptors (Lipinski definition) is 6. The molecule has 4 aromatic carbocycles. The Hall–Kier alpha value is -4.14. The minimum Gasteiger partial charge on any atom is -0.480 e. The van der Waals surface area contributed by atoms with Crippen molar-refractivity contribution >= 4 is 40.4 Å². The third-order valence-corrected chi connectivity index (χ3v) is 8.76. The van der Waals surface area contributed by atoms with Crippen LogP contribution in [0.3, 0.4) is 0 Å². The number of nitrogens with one attached hydrogen (secondary N) is 1. The van der Waals surface area contributed by atoms with Crippen LogP contribution in [0.15, 0.2) is 103 Å². The molecule has 0 spiro atoms. The van der Waals surface area contributed by atoms with E-state index in [0.717, 1.165) is 27.5 Å². The second kappa shape index (κ2) is 14.2. The van der Waals surface area contributed by atoms with Crippen LogP contribution in [0.25, 0.3) is 10.8 Å². The molecule has 1 aliphatic heterocycles. The van der Waals surface area contributed by atoms with Gasteiger partial charge in [-0.2, -0.15) is 0 Å². The van der Waals surface area contributed by atoms with Gasteiger partial charge in [-0.25, -0.2) is 0 Å². The van der Waals surface area contributed by atoms with Gasteiger partial charge in [-0.15, -0.1) is 11.8 Å². The van der Waals surface area contributed by atoms with Crippen LogP contribution in [-0.2, 0) is 32.1 Å². The van der Waals surface area contributed by atoms with Crippen molar-refractivity contribution in [2.24, 2.45) is 0 Å². The van der Waals surface area contributed by atoms with Crippen molar-refractivity contribution in [1.82, 2.24) is 10.2 Å². The third kappa shape index (κ3) is 7.78. The summed E-state index contributed by atoms with van der Waals surface area (Å²) in [5, 5.41) is 15.0. The quantitative estimate of drug-likeness (QED) is 0.234. The lowest BCUT2D eigenvalue weighted by Crippen LogP contribution is -2.53. The highest BCUT2D eigenvalue weighted by Gasteiger charge is 2.36. The third-order valence-electron chi connectivity index (χ3n) is 7.41. The number of amides is 1. The highest BCUT2D eigenvalue weighted by molar-refractivity contribution is 7.99. The van der Waals surface area contributed by atoms with E-state index in [1.807, 2.05) is 91.0 Å². The Morgan fingerprint density at radius 3 is 2.29 bits per heavy atom. The lowest BCUT2D eigenvalue weighted by atomic mass is 10.0. The molecule has 1 aliphatic rings. The highest BCUT2D eigenvalue weighted by Crippen LogP contribution is 2.35. The van der Waals surface area contributed by atoms with Gasteiger partial charge in [0.25, 0.3) is 0 Å². The molecule has 216 valence electrons. The van der Waals surface area contributed by atoms with Crippen molar-refractivity contribution in [3.63, 3.8) is 0 Å². The van der Waals surface area contributed by atoms with E-state index in [1.165, 1.54) is 4.90 Å². The molecular weight excluding hydrogens is 548 g/mol. The Labute approximate surface area is 249 Å². The van der Waals surface area contributed by atoms with Gasteiger partial charge in [0.2, 0.25) is 5.91 Å². The maximum Gasteiger partial charge on any atom is 0.323 e. The Morgan fingerprint density at radius 1 is 0.905 bits per heavy atom. The molecule has 1 amide bonds. The Bertz CT molecular complexity index is 1510. The second-order valence-electron chi connectivity index (χ2n) is 10.4. The van der Waals surface area contributed by atoms with Gasteiger partial charge < -0.3 is 14.7 Å². The first-order valence-corrected chi connectivity index (χ1v) is 15.1. The summed E-state index contributed by atoms with van der Waals surface area (Å²) in [7, 11) is 0. The number of carbonyl (C=O) groups excluding carboxylic acids is 2. The molecule has 0 saturated carbocycles. The van der Waals surface area contributed by atoms with Gasteiger partial charge in [0.1, 0.15) is 19.2 Å². The number of hydrogen-bond donors (Lipinski definition) is 2. The summed E-state index contributed by atoms with van der Waals surface area (Å²) in [6.45, 7) is -0.0139. The molecule has 2 N–H and O–H groups in total. The zero-order valence-corrected chi connectivity index (χ0v) is 24.0. The molecule has 0 radical (unpaired) electrons. The Morgan fingerprint density at radius 2 is 1.57 bits per heavy atom. The molecule has 0 aliphatic carbocycles. The van der Waals surface area contributed by atoms with E-state index in [-0.39, 0.29) is 24.3 Å². The van der Waals surface area contributed by atoms with Gasteiger partial charge >= 0.3 is 11.9 Å². The number of fused-ring (bicyclic) bond motifs is 1. The minimum atomic E-state index is -1.07. The Kier molecular flexibility index (Phi) is 9.90. The molecular formula is C34H34N2O5S. The molecule has 0 bridgehead atoms. The number of nitrogens with zero attached hydrogens (tertiary/aromatic N) is 1. The monoisotopic (exact) mass is 582 g/mol. The van der Waals surface area contributed by atoms with Crippen LogP contribution in [0.4, 0.5) is 0 Å². The molecule has 1 saturated heterocycles. The predicted octanol–water partition coefficient (Wildman–Crippen LogP) is 5.24. The number of aryl methyl sites for hydroxylation is 1. The van der Waals surface area contributed by atoms with Crippen molar-refractivity contribution < 1.29 is 24.2 Å². The highest BCUT2D eigenvalue weighted by atomic mass is 32.2. The van der Waals surface area contributed by atoms with Gasteiger partial charge in [-0.3, -0.25) is 19.7 Å².